The van der Waals surface area contributed by atoms with E-state index in [-0.39, 0.29) is 12.2 Å². The van der Waals surface area contributed by atoms with Gasteiger partial charge in [-0.1, -0.05) is 34.5 Å². The maximum atomic E-state index is 12.4. The molecule has 0 fully saturated rings. The van der Waals surface area contributed by atoms with Gasteiger partial charge in [0.2, 0.25) is 0 Å². The number of carbonyl (C=O) groups is 1. The van der Waals surface area contributed by atoms with E-state index in [0.29, 0.717) is 10.6 Å². The molecular weight excluding hydrogens is 407 g/mol. The quantitative estimate of drug-likeness (QED) is 0.679. The lowest BCUT2D eigenvalue weighted by molar-refractivity contribution is 0.0990. The average Bonchev–Trinajstić information content (AvgIpc) is 2.66. The molecule has 1 heterocycles. The van der Waals surface area contributed by atoms with Crippen LogP contribution in [0, 0.1) is 0 Å². The van der Waals surface area contributed by atoms with Gasteiger partial charge in [0, 0.05) is 17.1 Å². The van der Waals surface area contributed by atoms with E-state index in [1.165, 1.54) is 0 Å². The summed E-state index contributed by atoms with van der Waals surface area (Å²) >= 11 is 13.0. The van der Waals surface area contributed by atoms with Crippen LogP contribution in [0.4, 0.5) is 0 Å². The number of benzene rings is 1. The van der Waals surface area contributed by atoms with Crippen molar-refractivity contribution in [3.63, 3.8) is 0 Å². The lowest BCUT2D eigenvalue weighted by atomic mass is 10.1. The second-order valence-corrected chi connectivity index (χ2v) is 6.52. The number of ketones is 1. The van der Waals surface area contributed by atoms with Crippen LogP contribution in [-0.4, -0.2) is 15.6 Å². The molecule has 0 saturated carbocycles. The van der Waals surface area contributed by atoms with E-state index in [1.807, 2.05) is 20.0 Å². The smallest absolute Gasteiger partial charge is 0.170 e. The number of halogens is 3. The first-order chi connectivity index (χ1) is 9.43. The fraction of sp³-hybridized carbons (Fsp3) is 0.286. The number of hydrogen-bond donors (Lipinski definition) is 0. The standard InChI is InChI=1S/C14H13Br2ClN2O/c1-3-11-14(16)12(19(2)18-11)7-13(20)9-5-4-8(15)6-10(9)17/h4-6H,3,7H2,1-2H3. The molecule has 0 saturated heterocycles. The van der Waals surface area contributed by atoms with Crippen molar-refractivity contribution in [3.05, 3.63) is 49.1 Å². The zero-order valence-corrected chi connectivity index (χ0v) is 15.0. The van der Waals surface area contributed by atoms with Gasteiger partial charge < -0.3 is 0 Å². The molecule has 1 aromatic heterocycles. The van der Waals surface area contributed by atoms with Gasteiger partial charge >= 0.3 is 0 Å². The molecule has 0 bridgehead atoms. The highest BCUT2D eigenvalue weighted by atomic mass is 79.9. The molecule has 2 rings (SSSR count). The van der Waals surface area contributed by atoms with E-state index in [9.17, 15) is 4.79 Å². The highest BCUT2D eigenvalue weighted by molar-refractivity contribution is 9.10. The third kappa shape index (κ3) is 3.15. The van der Waals surface area contributed by atoms with E-state index >= 15 is 0 Å². The predicted molar refractivity (Wildman–Crippen MR) is 87.5 cm³/mol. The summed E-state index contributed by atoms with van der Waals surface area (Å²) in [4.78, 5) is 12.4. The Labute approximate surface area is 139 Å². The Morgan fingerprint density at radius 2 is 2.10 bits per heavy atom. The van der Waals surface area contributed by atoms with Crippen LogP contribution in [0.5, 0.6) is 0 Å². The molecule has 3 nitrogen and oxygen atoms in total. The molecule has 6 heteroatoms. The van der Waals surface area contributed by atoms with Crippen molar-refractivity contribution in [2.75, 3.05) is 0 Å². The normalized spacial score (nSPS) is 10.8. The largest absolute Gasteiger partial charge is 0.294 e. The SMILES string of the molecule is CCc1nn(C)c(CC(=O)c2ccc(Br)cc2Cl)c1Br. The van der Waals surface area contributed by atoms with Crippen molar-refractivity contribution >= 4 is 49.2 Å². The van der Waals surface area contributed by atoms with Crippen molar-refractivity contribution in [2.45, 2.75) is 19.8 Å². The maximum absolute atomic E-state index is 12.4. The topological polar surface area (TPSA) is 34.9 Å². The lowest BCUT2D eigenvalue weighted by Gasteiger charge is -2.05. The molecule has 0 aliphatic carbocycles. The molecular formula is C14H13Br2ClN2O. The van der Waals surface area contributed by atoms with Gasteiger partial charge in [0.25, 0.3) is 0 Å². The molecule has 0 atom stereocenters. The van der Waals surface area contributed by atoms with E-state index in [0.717, 1.165) is 26.8 Å². The Hall–Kier alpha value is -0.650. The van der Waals surface area contributed by atoms with E-state index < -0.39 is 0 Å². The van der Waals surface area contributed by atoms with Crippen LogP contribution in [0.25, 0.3) is 0 Å². The highest BCUT2D eigenvalue weighted by Crippen LogP contribution is 2.26. The molecule has 0 spiro atoms. The number of aryl methyl sites for hydroxylation is 2. The molecule has 0 aliphatic rings. The number of hydrogen-bond acceptors (Lipinski definition) is 2. The molecule has 0 radical (unpaired) electrons. The summed E-state index contributed by atoms with van der Waals surface area (Å²) in [7, 11) is 1.84. The molecule has 0 unspecified atom stereocenters. The minimum atomic E-state index is -0.0196. The third-order valence-electron chi connectivity index (χ3n) is 3.06. The monoisotopic (exact) mass is 418 g/mol. The summed E-state index contributed by atoms with van der Waals surface area (Å²) in [6, 6.07) is 5.28. The minimum Gasteiger partial charge on any atom is -0.294 e. The Bertz CT molecular complexity index is 667. The second-order valence-electron chi connectivity index (χ2n) is 4.41. The summed E-state index contributed by atoms with van der Waals surface area (Å²) in [5.41, 5.74) is 2.35. The second kappa shape index (κ2) is 6.41. The van der Waals surface area contributed by atoms with Gasteiger partial charge in [-0.25, -0.2) is 0 Å². The highest BCUT2D eigenvalue weighted by Gasteiger charge is 2.18. The summed E-state index contributed by atoms with van der Waals surface area (Å²) in [6.45, 7) is 2.03. The van der Waals surface area contributed by atoms with Crippen LogP contribution in [0.15, 0.2) is 27.1 Å². The Balaban J connectivity index is 2.30. The fourth-order valence-electron chi connectivity index (χ4n) is 1.97. The first kappa shape index (κ1) is 15.7. The molecule has 1 aromatic carbocycles. The number of aromatic nitrogens is 2. The lowest BCUT2D eigenvalue weighted by Crippen LogP contribution is -2.09. The molecule has 106 valence electrons. The number of nitrogens with zero attached hydrogens (tertiary/aromatic N) is 2. The van der Waals surface area contributed by atoms with Gasteiger partial charge in [-0.15, -0.1) is 0 Å². The first-order valence-electron chi connectivity index (χ1n) is 6.12. The average molecular weight is 421 g/mol. The van der Waals surface area contributed by atoms with Crippen molar-refractivity contribution in [2.24, 2.45) is 7.05 Å². The molecule has 0 amide bonds. The minimum absolute atomic E-state index is 0.0196. The van der Waals surface area contributed by atoms with Crippen molar-refractivity contribution < 1.29 is 4.79 Å². The van der Waals surface area contributed by atoms with Crippen LogP contribution >= 0.6 is 43.5 Å². The van der Waals surface area contributed by atoms with E-state index in [2.05, 4.69) is 37.0 Å². The molecule has 20 heavy (non-hydrogen) atoms. The Morgan fingerprint density at radius 3 is 2.65 bits per heavy atom. The summed E-state index contributed by atoms with van der Waals surface area (Å²) in [5, 5.41) is 4.85. The van der Waals surface area contributed by atoms with Crippen LogP contribution < -0.4 is 0 Å². The predicted octanol–water partition coefficient (Wildman–Crippen LogP) is 4.59. The summed E-state index contributed by atoms with van der Waals surface area (Å²) in [5.74, 6) is -0.0196. The van der Waals surface area contributed by atoms with Crippen molar-refractivity contribution in [3.8, 4) is 0 Å². The van der Waals surface area contributed by atoms with Crippen LogP contribution in [-0.2, 0) is 19.9 Å². The molecule has 0 N–H and O–H groups in total. The van der Waals surface area contributed by atoms with Gasteiger partial charge in [-0.2, -0.15) is 5.10 Å². The zero-order chi connectivity index (χ0) is 14.9. The maximum Gasteiger partial charge on any atom is 0.170 e. The number of Topliss-reactive ketones (excluding diaryl/α,β-unsaturated/α-hetero) is 1. The van der Waals surface area contributed by atoms with E-state index in [1.54, 1.807) is 16.8 Å². The molecule has 2 aromatic rings. The van der Waals surface area contributed by atoms with Crippen LogP contribution in [0.2, 0.25) is 5.02 Å². The van der Waals surface area contributed by atoms with Crippen LogP contribution in [0.1, 0.15) is 28.7 Å². The van der Waals surface area contributed by atoms with E-state index in [4.69, 9.17) is 11.6 Å². The first-order valence-corrected chi connectivity index (χ1v) is 8.09. The van der Waals surface area contributed by atoms with Gasteiger partial charge in [-0.3, -0.25) is 9.48 Å². The Kier molecular flexibility index (Phi) is 5.04. The Morgan fingerprint density at radius 1 is 1.40 bits per heavy atom. The van der Waals surface area contributed by atoms with Crippen LogP contribution in [0.3, 0.4) is 0 Å². The van der Waals surface area contributed by atoms with Gasteiger partial charge in [0.15, 0.2) is 5.78 Å². The summed E-state index contributed by atoms with van der Waals surface area (Å²) < 4.78 is 3.51. The third-order valence-corrected chi connectivity index (χ3v) is 4.78. The molecule has 0 aliphatic heterocycles. The fourth-order valence-corrected chi connectivity index (χ4v) is 3.51. The zero-order valence-electron chi connectivity index (χ0n) is 11.1. The summed E-state index contributed by atoms with van der Waals surface area (Å²) in [6.07, 6.45) is 1.09. The van der Waals surface area contributed by atoms with Gasteiger partial charge in [0.1, 0.15) is 0 Å². The van der Waals surface area contributed by atoms with Crippen molar-refractivity contribution in [1.29, 1.82) is 0 Å². The van der Waals surface area contributed by atoms with Crippen molar-refractivity contribution in [1.82, 2.24) is 9.78 Å². The number of rotatable bonds is 4. The van der Waals surface area contributed by atoms with Gasteiger partial charge in [-0.05, 0) is 40.5 Å². The number of carbonyl (C=O) groups excluding carboxylic acids is 1. The van der Waals surface area contributed by atoms with Gasteiger partial charge in [0.05, 0.1) is 27.3 Å².